The number of nitrogens with one attached hydrogen (secondary N) is 3. The van der Waals surface area contributed by atoms with Gasteiger partial charge in [0.1, 0.15) is 0 Å². The van der Waals surface area contributed by atoms with Crippen LogP contribution < -0.4 is 16.2 Å². The monoisotopic (exact) mass is 352 g/mol. The number of aliphatic hydroxyl groups is 1. The van der Waals surface area contributed by atoms with E-state index in [2.05, 4.69) is 33.2 Å². The second-order valence-electron chi connectivity index (χ2n) is 6.98. The summed E-state index contributed by atoms with van der Waals surface area (Å²) < 4.78 is 0. The van der Waals surface area contributed by atoms with Crippen LogP contribution in [0.3, 0.4) is 0 Å². The molecule has 0 spiro atoms. The van der Waals surface area contributed by atoms with Crippen molar-refractivity contribution in [2.45, 2.75) is 18.9 Å². The first-order chi connectivity index (χ1) is 11.8. The van der Waals surface area contributed by atoms with Crippen LogP contribution in [0.2, 0.25) is 5.02 Å². The fraction of sp³-hybridized carbons (Fsp3) is 0.667. The number of nitrogens with zero attached hydrogens (tertiary/aromatic N) is 1. The number of β-amino-alcohol motifs (C(OH)–C–C–N with tert-alkyl or cyclic N) is 1. The first kappa shape index (κ1) is 18.1. The summed E-state index contributed by atoms with van der Waals surface area (Å²) in [4.78, 5) is 2.36. The number of likely N-dealkylation sites (tertiary alicyclic amines) is 1. The number of hydrogen-bond donors (Lipinski definition) is 4. The predicted octanol–water partition coefficient (Wildman–Crippen LogP) is 1.40. The Labute approximate surface area is 149 Å². The maximum absolute atomic E-state index is 9.01. The molecule has 2 aliphatic heterocycles. The first-order valence-electron chi connectivity index (χ1n) is 9.04. The lowest BCUT2D eigenvalue weighted by Gasteiger charge is -2.32. The third-order valence-corrected chi connectivity index (χ3v) is 5.54. The summed E-state index contributed by atoms with van der Waals surface area (Å²) >= 11 is 5.99. The van der Waals surface area contributed by atoms with Gasteiger partial charge in [-0.05, 0) is 56.1 Å². The SMILES string of the molecule is OCCN1CCC(CNCC2CNNC2c2ccc(Cl)cc2)CC1. The number of hydrogen-bond acceptors (Lipinski definition) is 5. The van der Waals surface area contributed by atoms with Crippen LogP contribution in [0.5, 0.6) is 0 Å². The van der Waals surface area contributed by atoms with Crippen molar-refractivity contribution in [1.82, 2.24) is 21.1 Å². The number of halogens is 1. The van der Waals surface area contributed by atoms with Gasteiger partial charge in [-0.15, -0.1) is 0 Å². The van der Waals surface area contributed by atoms with E-state index < -0.39 is 0 Å². The molecule has 24 heavy (non-hydrogen) atoms. The molecule has 0 aliphatic carbocycles. The van der Waals surface area contributed by atoms with E-state index in [9.17, 15) is 0 Å². The van der Waals surface area contributed by atoms with Crippen LogP contribution in [0, 0.1) is 11.8 Å². The van der Waals surface area contributed by atoms with E-state index in [1.165, 1.54) is 18.4 Å². The zero-order valence-electron chi connectivity index (χ0n) is 14.2. The zero-order chi connectivity index (χ0) is 16.8. The molecule has 2 aliphatic rings. The van der Waals surface area contributed by atoms with Gasteiger partial charge < -0.3 is 15.3 Å². The third-order valence-electron chi connectivity index (χ3n) is 5.29. The van der Waals surface area contributed by atoms with Crippen LogP contribution >= 0.6 is 11.6 Å². The van der Waals surface area contributed by atoms with Gasteiger partial charge in [-0.3, -0.25) is 5.43 Å². The molecule has 2 saturated heterocycles. The maximum Gasteiger partial charge on any atom is 0.0558 e. The molecule has 1 aromatic rings. The van der Waals surface area contributed by atoms with Crippen LogP contribution in [0.15, 0.2) is 24.3 Å². The third kappa shape index (κ3) is 4.91. The highest BCUT2D eigenvalue weighted by molar-refractivity contribution is 6.30. The molecule has 3 rings (SSSR count). The number of hydrazine groups is 1. The Morgan fingerprint density at radius 3 is 2.62 bits per heavy atom. The molecule has 2 atom stereocenters. The molecular weight excluding hydrogens is 324 g/mol. The Morgan fingerprint density at radius 2 is 1.92 bits per heavy atom. The van der Waals surface area contributed by atoms with Crippen LogP contribution in [0.25, 0.3) is 0 Å². The van der Waals surface area contributed by atoms with E-state index >= 15 is 0 Å². The number of benzene rings is 1. The Hall–Kier alpha value is -0.690. The molecule has 0 bridgehead atoms. The molecule has 2 fully saturated rings. The van der Waals surface area contributed by atoms with Crippen molar-refractivity contribution in [3.63, 3.8) is 0 Å². The van der Waals surface area contributed by atoms with Gasteiger partial charge in [0.15, 0.2) is 0 Å². The first-order valence-corrected chi connectivity index (χ1v) is 9.42. The fourth-order valence-electron chi connectivity index (χ4n) is 3.78. The van der Waals surface area contributed by atoms with Crippen LogP contribution in [-0.2, 0) is 0 Å². The number of rotatable bonds is 7. The van der Waals surface area contributed by atoms with Gasteiger partial charge in [0.25, 0.3) is 0 Å². The second kappa shape index (κ2) is 9.13. The fourth-order valence-corrected chi connectivity index (χ4v) is 3.91. The minimum atomic E-state index is 0.274. The molecule has 0 saturated carbocycles. The summed E-state index contributed by atoms with van der Waals surface area (Å²) in [6.45, 7) is 6.43. The number of piperidine rings is 1. The van der Waals surface area contributed by atoms with Gasteiger partial charge in [-0.2, -0.15) is 0 Å². The summed E-state index contributed by atoms with van der Waals surface area (Å²) in [6.07, 6.45) is 2.46. The lowest BCUT2D eigenvalue weighted by Crippen LogP contribution is -2.39. The standard InChI is InChI=1S/C18H29ClN4O/c19-17-3-1-15(2-4-17)18-16(13-21-22-18)12-20-11-14-5-7-23(8-6-14)9-10-24/h1-4,14,16,18,20-22,24H,5-13H2. The van der Waals surface area contributed by atoms with Crippen molar-refractivity contribution >= 4 is 11.6 Å². The molecule has 2 heterocycles. The van der Waals surface area contributed by atoms with E-state index in [4.69, 9.17) is 16.7 Å². The summed E-state index contributed by atoms with van der Waals surface area (Å²) in [5.74, 6) is 1.30. The molecule has 0 aromatic heterocycles. The molecule has 0 radical (unpaired) electrons. The van der Waals surface area contributed by atoms with Gasteiger partial charge in [0.05, 0.1) is 12.6 Å². The highest BCUT2D eigenvalue weighted by Gasteiger charge is 2.28. The van der Waals surface area contributed by atoms with Crippen LogP contribution in [0.4, 0.5) is 0 Å². The maximum atomic E-state index is 9.01. The van der Waals surface area contributed by atoms with E-state index in [1.54, 1.807) is 0 Å². The van der Waals surface area contributed by atoms with Crippen molar-refractivity contribution in [2.24, 2.45) is 11.8 Å². The van der Waals surface area contributed by atoms with Gasteiger partial charge in [-0.1, -0.05) is 23.7 Å². The molecular formula is C18H29ClN4O. The Kier molecular flexibility index (Phi) is 6.89. The molecule has 0 amide bonds. The van der Waals surface area contributed by atoms with Crippen molar-refractivity contribution < 1.29 is 5.11 Å². The predicted molar refractivity (Wildman–Crippen MR) is 97.9 cm³/mol. The lowest BCUT2D eigenvalue weighted by atomic mass is 9.93. The highest BCUT2D eigenvalue weighted by atomic mass is 35.5. The van der Waals surface area contributed by atoms with Gasteiger partial charge in [0.2, 0.25) is 0 Å². The quantitative estimate of drug-likeness (QED) is 0.597. The lowest BCUT2D eigenvalue weighted by molar-refractivity contribution is 0.146. The minimum Gasteiger partial charge on any atom is -0.395 e. The van der Waals surface area contributed by atoms with Crippen LogP contribution in [-0.4, -0.2) is 55.9 Å². The van der Waals surface area contributed by atoms with Crippen LogP contribution in [0.1, 0.15) is 24.4 Å². The van der Waals surface area contributed by atoms with E-state index in [0.717, 1.165) is 50.2 Å². The van der Waals surface area contributed by atoms with Crippen molar-refractivity contribution in [1.29, 1.82) is 0 Å². The summed E-state index contributed by atoms with van der Waals surface area (Å²) in [6, 6.07) is 8.47. The average molecular weight is 353 g/mol. The molecule has 6 heteroatoms. The molecule has 2 unspecified atom stereocenters. The second-order valence-corrected chi connectivity index (χ2v) is 7.42. The van der Waals surface area contributed by atoms with E-state index in [-0.39, 0.29) is 6.61 Å². The van der Waals surface area contributed by atoms with E-state index in [0.29, 0.717) is 12.0 Å². The van der Waals surface area contributed by atoms with Crippen molar-refractivity contribution in [2.75, 3.05) is 45.9 Å². The minimum absolute atomic E-state index is 0.274. The highest BCUT2D eigenvalue weighted by Crippen LogP contribution is 2.25. The van der Waals surface area contributed by atoms with Crippen molar-refractivity contribution in [3.8, 4) is 0 Å². The summed E-state index contributed by atoms with van der Waals surface area (Å²) in [7, 11) is 0. The smallest absolute Gasteiger partial charge is 0.0558 e. The molecule has 1 aromatic carbocycles. The van der Waals surface area contributed by atoms with Gasteiger partial charge >= 0.3 is 0 Å². The van der Waals surface area contributed by atoms with Crippen molar-refractivity contribution in [3.05, 3.63) is 34.9 Å². The summed E-state index contributed by atoms with van der Waals surface area (Å²) in [5.41, 5.74) is 7.96. The summed E-state index contributed by atoms with van der Waals surface area (Å²) in [5, 5.41) is 13.5. The average Bonchev–Trinajstić information content (AvgIpc) is 3.06. The molecule has 4 N–H and O–H groups in total. The Balaban J connectivity index is 1.41. The van der Waals surface area contributed by atoms with E-state index in [1.807, 2.05) is 12.1 Å². The Bertz CT molecular complexity index is 490. The zero-order valence-corrected chi connectivity index (χ0v) is 14.9. The molecule has 5 nitrogen and oxygen atoms in total. The number of aliphatic hydroxyl groups excluding tert-OH is 1. The Morgan fingerprint density at radius 1 is 1.17 bits per heavy atom. The topological polar surface area (TPSA) is 59.6 Å². The van der Waals surface area contributed by atoms with Gasteiger partial charge in [-0.25, -0.2) is 5.43 Å². The normalized spacial score (nSPS) is 26.1. The van der Waals surface area contributed by atoms with Gasteiger partial charge in [0, 0.05) is 30.6 Å². The largest absolute Gasteiger partial charge is 0.395 e. The molecule has 134 valence electrons.